The van der Waals surface area contributed by atoms with Crippen molar-refractivity contribution in [3.05, 3.63) is 0 Å². The summed E-state index contributed by atoms with van der Waals surface area (Å²) in [4.78, 5) is 2.91. The monoisotopic (exact) mass is 578 g/mol. The van der Waals surface area contributed by atoms with Crippen LogP contribution in [0.4, 0.5) is 0 Å². The van der Waals surface area contributed by atoms with Gasteiger partial charge in [-0.05, 0) is 46.2 Å². The van der Waals surface area contributed by atoms with Crippen LogP contribution in [0.3, 0.4) is 0 Å². The Morgan fingerprint density at radius 3 is 0.780 bits per heavy atom. The fourth-order valence-corrected chi connectivity index (χ4v) is 6.68. The van der Waals surface area contributed by atoms with Crippen LogP contribution in [0.15, 0.2) is 0 Å². The minimum Gasteiger partial charge on any atom is -0.298 e. The number of hydrogen-bond donors (Lipinski definition) is 0. The Labute approximate surface area is 263 Å². The molecule has 1 nitrogen and oxygen atoms in total. The molecular formula is C40H83N. The molecule has 0 saturated heterocycles. The van der Waals surface area contributed by atoms with Gasteiger partial charge in [0, 0.05) is 5.54 Å². The van der Waals surface area contributed by atoms with Crippen molar-refractivity contribution in [2.24, 2.45) is 0 Å². The molecule has 1 heteroatoms. The van der Waals surface area contributed by atoms with Crippen LogP contribution in [0.1, 0.15) is 240 Å². The van der Waals surface area contributed by atoms with Crippen molar-refractivity contribution in [1.29, 1.82) is 0 Å². The maximum Gasteiger partial charge on any atom is 0.0153 e. The summed E-state index contributed by atoms with van der Waals surface area (Å²) in [7, 11) is 0. The van der Waals surface area contributed by atoms with Crippen molar-refractivity contribution >= 4 is 0 Å². The lowest BCUT2D eigenvalue weighted by Gasteiger charge is -2.39. The number of hydrogen-bond acceptors (Lipinski definition) is 1. The Balaban J connectivity index is 4.06. The van der Waals surface area contributed by atoms with E-state index in [1.807, 2.05) is 0 Å². The third-order valence-corrected chi connectivity index (χ3v) is 9.81. The van der Waals surface area contributed by atoms with E-state index in [4.69, 9.17) is 0 Å². The Kier molecular flexibility index (Phi) is 32.8. The molecule has 0 N–H and O–H groups in total. The second kappa shape index (κ2) is 32.9. The van der Waals surface area contributed by atoms with Crippen LogP contribution in [0, 0.1) is 0 Å². The zero-order chi connectivity index (χ0) is 30.1. The molecule has 0 aliphatic heterocycles. The van der Waals surface area contributed by atoms with E-state index in [0.29, 0.717) is 5.54 Å². The predicted octanol–water partition coefficient (Wildman–Crippen LogP) is 14.6. The van der Waals surface area contributed by atoms with Gasteiger partial charge < -0.3 is 0 Å². The predicted molar refractivity (Wildman–Crippen MR) is 190 cm³/mol. The summed E-state index contributed by atoms with van der Waals surface area (Å²) in [5, 5.41) is 0. The standard InChI is InChI=1S/C40H83N/c1-6-9-12-15-17-19-21-23-25-27-29-32-35-38-41(40(4,5)37-34-31-14-11-8-3)39-36-33-30-28-26-24-22-20-18-16-13-10-7-2/h6-39H2,1-5H3. The quantitative estimate of drug-likeness (QED) is 0.0677. The van der Waals surface area contributed by atoms with Crippen LogP contribution in [-0.2, 0) is 0 Å². The fourth-order valence-electron chi connectivity index (χ4n) is 6.68. The third-order valence-electron chi connectivity index (χ3n) is 9.81. The molecule has 0 aromatic heterocycles. The summed E-state index contributed by atoms with van der Waals surface area (Å²) in [6.45, 7) is 14.7. The molecule has 0 aromatic carbocycles. The molecule has 0 bridgehead atoms. The lowest BCUT2D eigenvalue weighted by atomic mass is 9.93. The van der Waals surface area contributed by atoms with E-state index in [0.717, 1.165) is 0 Å². The minimum atomic E-state index is 0.375. The first-order chi connectivity index (χ1) is 20.1. The van der Waals surface area contributed by atoms with Gasteiger partial charge in [-0.15, -0.1) is 0 Å². The highest BCUT2D eigenvalue weighted by Gasteiger charge is 2.25. The molecule has 0 radical (unpaired) electrons. The summed E-state index contributed by atoms with van der Waals surface area (Å²) >= 11 is 0. The van der Waals surface area contributed by atoms with Crippen molar-refractivity contribution in [1.82, 2.24) is 4.90 Å². The van der Waals surface area contributed by atoms with Crippen LogP contribution in [0.2, 0.25) is 0 Å². The summed E-state index contributed by atoms with van der Waals surface area (Å²) in [5.41, 5.74) is 0.375. The zero-order valence-electron chi connectivity index (χ0n) is 30.0. The number of nitrogens with zero attached hydrogens (tertiary/aromatic N) is 1. The smallest absolute Gasteiger partial charge is 0.0153 e. The molecule has 0 heterocycles. The maximum atomic E-state index is 2.91. The normalized spacial score (nSPS) is 12.1. The highest BCUT2D eigenvalue weighted by Crippen LogP contribution is 2.25. The first kappa shape index (κ1) is 41.0. The van der Waals surface area contributed by atoms with Crippen LogP contribution in [0.5, 0.6) is 0 Å². The van der Waals surface area contributed by atoms with Gasteiger partial charge in [-0.25, -0.2) is 0 Å². The van der Waals surface area contributed by atoms with Crippen LogP contribution < -0.4 is 0 Å². The Bertz CT molecular complexity index is 439. The molecule has 0 aromatic rings. The van der Waals surface area contributed by atoms with E-state index in [2.05, 4.69) is 39.5 Å². The van der Waals surface area contributed by atoms with E-state index in [9.17, 15) is 0 Å². The van der Waals surface area contributed by atoms with Gasteiger partial charge in [0.05, 0.1) is 0 Å². The van der Waals surface area contributed by atoms with Gasteiger partial charge in [0.2, 0.25) is 0 Å². The molecule has 248 valence electrons. The van der Waals surface area contributed by atoms with Gasteiger partial charge in [0.15, 0.2) is 0 Å². The van der Waals surface area contributed by atoms with E-state index in [-0.39, 0.29) is 0 Å². The lowest BCUT2D eigenvalue weighted by Crippen LogP contribution is -2.45. The van der Waals surface area contributed by atoms with Crippen molar-refractivity contribution in [3.8, 4) is 0 Å². The van der Waals surface area contributed by atoms with Crippen molar-refractivity contribution in [3.63, 3.8) is 0 Å². The average Bonchev–Trinajstić information content (AvgIpc) is 2.96. The zero-order valence-corrected chi connectivity index (χ0v) is 30.0. The van der Waals surface area contributed by atoms with Crippen LogP contribution >= 0.6 is 0 Å². The third kappa shape index (κ3) is 29.8. The molecule has 0 unspecified atom stereocenters. The van der Waals surface area contributed by atoms with E-state index in [1.54, 1.807) is 0 Å². The Hall–Kier alpha value is -0.0400. The van der Waals surface area contributed by atoms with Gasteiger partial charge in [-0.3, -0.25) is 4.90 Å². The SMILES string of the molecule is CCCCCCCCCCCCCCCN(CCCCCCCCCCCCCCC)C(C)(C)CCCCCCC. The highest BCUT2D eigenvalue weighted by molar-refractivity contribution is 4.81. The lowest BCUT2D eigenvalue weighted by molar-refractivity contribution is 0.102. The molecule has 0 atom stereocenters. The fraction of sp³-hybridized carbons (Fsp3) is 1.00. The van der Waals surface area contributed by atoms with Crippen LogP contribution in [-0.4, -0.2) is 23.5 Å². The summed E-state index contributed by atoms with van der Waals surface area (Å²) in [5.74, 6) is 0. The molecule has 0 amide bonds. The summed E-state index contributed by atoms with van der Waals surface area (Å²) < 4.78 is 0. The molecular weight excluding hydrogens is 494 g/mol. The second-order valence-electron chi connectivity index (χ2n) is 14.4. The molecule has 0 rings (SSSR count). The van der Waals surface area contributed by atoms with Gasteiger partial charge in [0.1, 0.15) is 0 Å². The molecule has 0 fully saturated rings. The molecule has 41 heavy (non-hydrogen) atoms. The van der Waals surface area contributed by atoms with Gasteiger partial charge in [-0.2, -0.15) is 0 Å². The number of rotatable bonds is 35. The minimum absolute atomic E-state index is 0.375. The Morgan fingerprint density at radius 1 is 0.293 bits per heavy atom. The van der Waals surface area contributed by atoms with E-state index < -0.39 is 0 Å². The topological polar surface area (TPSA) is 3.24 Å². The van der Waals surface area contributed by atoms with Crippen molar-refractivity contribution in [2.45, 2.75) is 246 Å². The average molecular weight is 578 g/mol. The molecule has 0 aliphatic rings. The molecule has 0 aliphatic carbocycles. The molecule has 0 spiro atoms. The molecule has 0 saturated carbocycles. The highest BCUT2D eigenvalue weighted by atomic mass is 15.2. The van der Waals surface area contributed by atoms with Gasteiger partial charge in [0.25, 0.3) is 0 Å². The number of unbranched alkanes of at least 4 members (excludes halogenated alkanes) is 28. The second-order valence-corrected chi connectivity index (χ2v) is 14.4. The first-order valence-corrected chi connectivity index (χ1v) is 19.8. The van der Waals surface area contributed by atoms with Crippen molar-refractivity contribution < 1.29 is 0 Å². The maximum absolute atomic E-state index is 2.91. The van der Waals surface area contributed by atoms with Crippen molar-refractivity contribution in [2.75, 3.05) is 13.1 Å². The first-order valence-electron chi connectivity index (χ1n) is 19.8. The van der Waals surface area contributed by atoms with Crippen LogP contribution in [0.25, 0.3) is 0 Å². The summed E-state index contributed by atoms with van der Waals surface area (Å²) in [6.07, 6.45) is 46.2. The largest absolute Gasteiger partial charge is 0.298 e. The van der Waals surface area contributed by atoms with E-state index in [1.165, 1.54) is 219 Å². The van der Waals surface area contributed by atoms with Gasteiger partial charge >= 0.3 is 0 Å². The van der Waals surface area contributed by atoms with Gasteiger partial charge in [-0.1, -0.05) is 207 Å². The Morgan fingerprint density at radius 2 is 0.512 bits per heavy atom. The van der Waals surface area contributed by atoms with E-state index >= 15 is 0 Å². The summed E-state index contributed by atoms with van der Waals surface area (Å²) in [6, 6.07) is 0.